The predicted octanol–water partition coefficient (Wildman–Crippen LogP) is 2.93. The summed E-state index contributed by atoms with van der Waals surface area (Å²) in [5.74, 6) is 1.03. The summed E-state index contributed by atoms with van der Waals surface area (Å²) in [6.07, 6.45) is 1.76. The first kappa shape index (κ1) is 15.6. The first-order valence-electron chi connectivity index (χ1n) is 7.91. The molecule has 1 aliphatic heterocycles. The number of hydrogen-bond acceptors (Lipinski definition) is 3. The van der Waals surface area contributed by atoms with Gasteiger partial charge >= 0.3 is 0 Å². The van der Waals surface area contributed by atoms with Crippen LogP contribution >= 0.6 is 0 Å². The minimum atomic E-state index is -1.83. The SMILES string of the molecule is CC(C)(F)C(=O)N1CCCC(c2nc(-c3ccccc3)n[nH]2)C1. The van der Waals surface area contributed by atoms with E-state index in [9.17, 15) is 9.18 Å². The van der Waals surface area contributed by atoms with Crippen molar-refractivity contribution in [1.82, 2.24) is 20.1 Å². The van der Waals surface area contributed by atoms with Crippen molar-refractivity contribution in [2.45, 2.75) is 38.3 Å². The lowest BCUT2D eigenvalue weighted by Gasteiger charge is -2.34. The largest absolute Gasteiger partial charge is 0.339 e. The van der Waals surface area contributed by atoms with Gasteiger partial charge in [-0.3, -0.25) is 9.89 Å². The van der Waals surface area contributed by atoms with E-state index < -0.39 is 11.6 Å². The molecule has 3 rings (SSSR count). The Morgan fingerprint density at radius 1 is 1.35 bits per heavy atom. The molecule has 23 heavy (non-hydrogen) atoms. The molecule has 0 bridgehead atoms. The number of nitrogens with one attached hydrogen (secondary N) is 1. The van der Waals surface area contributed by atoms with Crippen LogP contribution in [-0.2, 0) is 4.79 Å². The molecule has 6 heteroatoms. The van der Waals surface area contributed by atoms with Gasteiger partial charge in [0.25, 0.3) is 5.91 Å². The predicted molar refractivity (Wildman–Crippen MR) is 85.6 cm³/mol. The fraction of sp³-hybridized carbons (Fsp3) is 0.471. The van der Waals surface area contributed by atoms with Gasteiger partial charge in [0, 0.05) is 24.6 Å². The van der Waals surface area contributed by atoms with Crippen LogP contribution in [0.5, 0.6) is 0 Å². The van der Waals surface area contributed by atoms with Crippen molar-refractivity contribution in [2.75, 3.05) is 13.1 Å². The van der Waals surface area contributed by atoms with Crippen molar-refractivity contribution < 1.29 is 9.18 Å². The Balaban J connectivity index is 1.75. The van der Waals surface area contributed by atoms with Gasteiger partial charge in [-0.15, -0.1) is 0 Å². The number of piperidine rings is 1. The number of alkyl halides is 1. The van der Waals surface area contributed by atoms with E-state index in [2.05, 4.69) is 15.2 Å². The van der Waals surface area contributed by atoms with Crippen LogP contribution in [0.2, 0.25) is 0 Å². The molecule has 1 aromatic heterocycles. The van der Waals surface area contributed by atoms with Gasteiger partial charge in [0.05, 0.1) is 0 Å². The number of H-pyrrole nitrogens is 1. The van der Waals surface area contributed by atoms with Crippen molar-refractivity contribution in [3.8, 4) is 11.4 Å². The smallest absolute Gasteiger partial charge is 0.259 e. The average molecular weight is 316 g/mol. The molecule has 1 atom stereocenters. The molecule has 0 aliphatic carbocycles. The highest BCUT2D eigenvalue weighted by Crippen LogP contribution is 2.28. The fourth-order valence-electron chi connectivity index (χ4n) is 2.93. The lowest BCUT2D eigenvalue weighted by Crippen LogP contribution is -2.47. The highest BCUT2D eigenvalue weighted by Gasteiger charge is 2.35. The molecule has 0 spiro atoms. The normalized spacial score (nSPS) is 18.9. The van der Waals surface area contributed by atoms with Gasteiger partial charge in [0.2, 0.25) is 0 Å². The number of amides is 1. The molecule has 1 aliphatic rings. The van der Waals surface area contributed by atoms with Gasteiger partial charge in [0.1, 0.15) is 5.82 Å². The Morgan fingerprint density at radius 2 is 2.09 bits per heavy atom. The first-order chi connectivity index (χ1) is 10.9. The van der Waals surface area contributed by atoms with E-state index in [1.165, 1.54) is 13.8 Å². The number of aromatic amines is 1. The summed E-state index contributed by atoms with van der Waals surface area (Å²) < 4.78 is 13.9. The third kappa shape index (κ3) is 3.41. The molecule has 1 N–H and O–H groups in total. The molecule has 1 saturated heterocycles. The number of likely N-dealkylation sites (tertiary alicyclic amines) is 1. The number of carbonyl (C=O) groups excluding carboxylic acids is 1. The first-order valence-corrected chi connectivity index (χ1v) is 7.91. The molecule has 0 radical (unpaired) electrons. The Kier molecular flexibility index (Phi) is 4.15. The van der Waals surface area contributed by atoms with E-state index >= 15 is 0 Å². The van der Waals surface area contributed by atoms with Crippen LogP contribution in [0.3, 0.4) is 0 Å². The minimum absolute atomic E-state index is 0.0695. The molecule has 1 aromatic carbocycles. The number of halogens is 1. The molecule has 2 aromatic rings. The van der Waals surface area contributed by atoms with Gasteiger partial charge in [-0.1, -0.05) is 30.3 Å². The van der Waals surface area contributed by atoms with Crippen molar-refractivity contribution in [3.05, 3.63) is 36.2 Å². The summed E-state index contributed by atoms with van der Waals surface area (Å²) in [7, 11) is 0. The van der Waals surface area contributed by atoms with Gasteiger partial charge in [-0.05, 0) is 26.7 Å². The third-order valence-corrected chi connectivity index (χ3v) is 4.14. The second-order valence-corrected chi connectivity index (χ2v) is 6.47. The molecular formula is C17H21FN4O. The lowest BCUT2D eigenvalue weighted by molar-refractivity contribution is -0.143. The molecule has 0 saturated carbocycles. The molecular weight excluding hydrogens is 295 g/mol. The Bertz CT molecular complexity index is 677. The van der Waals surface area contributed by atoms with Crippen LogP contribution in [0.1, 0.15) is 38.4 Å². The van der Waals surface area contributed by atoms with Crippen LogP contribution < -0.4 is 0 Å². The lowest BCUT2D eigenvalue weighted by atomic mass is 9.96. The molecule has 122 valence electrons. The van der Waals surface area contributed by atoms with Gasteiger partial charge in [-0.2, -0.15) is 5.10 Å². The summed E-state index contributed by atoms with van der Waals surface area (Å²) in [5.41, 5.74) is -0.887. The zero-order valence-electron chi connectivity index (χ0n) is 13.4. The fourth-order valence-corrected chi connectivity index (χ4v) is 2.93. The van der Waals surface area contributed by atoms with Crippen molar-refractivity contribution in [2.24, 2.45) is 0 Å². The van der Waals surface area contributed by atoms with Crippen LogP contribution in [0.4, 0.5) is 4.39 Å². The second kappa shape index (κ2) is 6.10. The maximum absolute atomic E-state index is 13.9. The quantitative estimate of drug-likeness (QED) is 0.947. The molecule has 1 fully saturated rings. The standard InChI is InChI=1S/C17H21FN4O/c1-17(2,18)16(23)22-10-6-9-13(11-22)15-19-14(20-21-15)12-7-4-3-5-8-12/h3-5,7-8,13H,6,9-11H2,1-2H3,(H,19,20,21). The number of aromatic nitrogens is 3. The maximum atomic E-state index is 13.9. The third-order valence-electron chi connectivity index (χ3n) is 4.14. The van der Waals surface area contributed by atoms with Crippen molar-refractivity contribution in [3.63, 3.8) is 0 Å². The van der Waals surface area contributed by atoms with Crippen LogP contribution in [0, 0.1) is 0 Å². The van der Waals surface area contributed by atoms with Crippen molar-refractivity contribution >= 4 is 5.91 Å². The summed E-state index contributed by atoms with van der Waals surface area (Å²) in [5, 5.41) is 7.25. The van der Waals surface area contributed by atoms with E-state index in [0.717, 1.165) is 24.2 Å². The number of rotatable bonds is 3. The summed E-state index contributed by atoms with van der Waals surface area (Å²) in [4.78, 5) is 18.3. The van der Waals surface area contributed by atoms with Crippen LogP contribution in [0.15, 0.2) is 30.3 Å². The monoisotopic (exact) mass is 316 g/mol. The molecule has 1 unspecified atom stereocenters. The zero-order chi connectivity index (χ0) is 16.4. The molecule has 1 amide bonds. The maximum Gasteiger partial charge on any atom is 0.259 e. The zero-order valence-corrected chi connectivity index (χ0v) is 13.4. The van der Waals surface area contributed by atoms with E-state index in [0.29, 0.717) is 18.9 Å². The molecule has 5 nitrogen and oxygen atoms in total. The van der Waals surface area contributed by atoms with Gasteiger partial charge < -0.3 is 4.90 Å². The van der Waals surface area contributed by atoms with Crippen molar-refractivity contribution in [1.29, 1.82) is 0 Å². The highest BCUT2D eigenvalue weighted by atomic mass is 19.1. The topological polar surface area (TPSA) is 61.9 Å². The number of nitrogens with zero attached hydrogens (tertiary/aromatic N) is 3. The van der Waals surface area contributed by atoms with Gasteiger partial charge in [0.15, 0.2) is 11.5 Å². The van der Waals surface area contributed by atoms with Gasteiger partial charge in [-0.25, -0.2) is 9.37 Å². The van der Waals surface area contributed by atoms with E-state index in [-0.39, 0.29) is 5.92 Å². The Hall–Kier alpha value is -2.24. The number of carbonyl (C=O) groups is 1. The number of benzene rings is 1. The van der Waals surface area contributed by atoms with E-state index in [1.807, 2.05) is 30.3 Å². The second-order valence-electron chi connectivity index (χ2n) is 6.47. The minimum Gasteiger partial charge on any atom is -0.339 e. The Morgan fingerprint density at radius 3 is 2.78 bits per heavy atom. The van der Waals surface area contributed by atoms with Crippen LogP contribution in [0.25, 0.3) is 11.4 Å². The molecule has 2 heterocycles. The van der Waals surface area contributed by atoms with Crippen LogP contribution in [-0.4, -0.2) is 44.7 Å². The average Bonchev–Trinajstić information content (AvgIpc) is 3.04. The highest BCUT2D eigenvalue weighted by molar-refractivity contribution is 5.84. The summed E-state index contributed by atoms with van der Waals surface area (Å²) in [6.45, 7) is 3.69. The summed E-state index contributed by atoms with van der Waals surface area (Å²) >= 11 is 0. The Labute approximate surface area is 134 Å². The summed E-state index contributed by atoms with van der Waals surface area (Å²) in [6, 6.07) is 9.73. The van der Waals surface area contributed by atoms with E-state index in [4.69, 9.17) is 0 Å². The van der Waals surface area contributed by atoms with E-state index in [1.54, 1.807) is 4.90 Å². The number of hydrogen-bond donors (Lipinski definition) is 1.